The summed E-state index contributed by atoms with van der Waals surface area (Å²) in [5.74, 6) is 0.929. The van der Waals surface area contributed by atoms with Crippen molar-refractivity contribution in [3.8, 4) is 11.5 Å². The molecule has 3 N–H and O–H groups in total. The Kier molecular flexibility index (Phi) is 9.79. The number of nitrogens with one attached hydrogen (secondary N) is 3. The second-order valence-corrected chi connectivity index (χ2v) is 7.37. The lowest BCUT2D eigenvalue weighted by molar-refractivity contribution is -0.0504. The van der Waals surface area contributed by atoms with Gasteiger partial charge in [0.05, 0.1) is 19.4 Å². The van der Waals surface area contributed by atoms with Crippen LogP contribution in [0.3, 0.4) is 0 Å². The Hall–Kier alpha value is -2.14. The lowest BCUT2D eigenvalue weighted by Crippen LogP contribution is -2.41. The molecular weight excluding hydrogens is 382 g/mol. The highest BCUT2D eigenvalue weighted by Crippen LogP contribution is 2.26. The van der Waals surface area contributed by atoms with Crippen LogP contribution in [-0.2, 0) is 16.6 Å². The van der Waals surface area contributed by atoms with E-state index in [0.717, 1.165) is 0 Å². The summed E-state index contributed by atoms with van der Waals surface area (Å²) in [6, 6.07) is 4.49. The van der Waals surface area contributed by atoms with E-state index < -0.39 is 16.6 Å². The van der Waals surface area contributed by atoms with E-state index in [9.17, 15) is 17.2 Å². The Labute approximate surface area is 158 Å². The van der Waals surface area contributed by atoms with Crippen molar-refractivity contribution >= 4 is 16.0 Å². The molecule has 0 aromatic heterocycles. The molecular formula is C16H26F2N4O4S. The van der Waals surface area contributed by atoms with E-state index in [-0.39, 0.29) is 24.6 Å². The fourth-order valence-electron chi connectivity index (χ4n) is 2.01. The van der Waals surface area contributed by atoms with Crippen LogP contribution < -0.4 is 24.8 Å². The monoisotopic (exact) mass is 408 g/mol. The number of halogens is 2. The maximum Gasteiger partial charge on any atom is 0.387 e. The molecule has 0 radical (unpaired) electrons. The fraction of sp³-hybridized carbons (Fsp3) is 0.562. The number of guanidine groups is 1. The molecule has 0 amide bonds. The lowest BCUT2D eigenvalue weighted by Gasteiger charge is -2.14. The molecule has 0 fully saturated rings. The highest BCUT2D eigenvalue weighted by atomic mass is 32.2. The molecule has 1 rings (SSSR count). The van der Waals surface area contributed by atoms with Crippen molar-refractivity contribution in [1.82, 2.24) is 15.4 Å². The van der Waals surface area contributed by atoms with Gasteiger partial charge in [-0.25, -0.2) is 18.1 Å². The second-order valence-electron chi connectivity index (χ2n) is 5.27. The average Bonchev–Trinajstić information content (AvgIpc) is 2.63. The van der Waals surface area contributed by atoms with E-state index in [4.69, 9.17) is 4.74 Å². The predicted octanol–water partition coefficient (Wildman–Crippen LogP) is 1.29. The van der Waals surface area contributed by atoms with Crippen molar-refractivity contribution in [2.75, 3.05) is 32.5 Å². The molecule has 0 heterocycles. The van der Waals surface area contributed by atoms with Gasteiger partial charge in [0.1, 0.15) is 11.5 Å². The number of nitrogens with zero attached hydrogens (tertiary/aromatic N) is 1. The van der Waals surface area contributed by atoms with Gasteiger partial charge in [-0.3, -0.25) is 0 Å². The highest BCUT2D eigenvalue weighted by molar-refractivity contribution is 7.89. The van der Waals surface area contributed by atoms with Gasteiger partial charge < -0.3 is 20.1 Å². The third-order valence-electron chi connectivity index (χ3n) is 3.35. The number of hydrogen-bond acceptors (Lipinski definition) is 5. The largest absolute Gasteiger partial charge is 0.497 e. The van der Waals surface area contributed by atoms with Crippen molar-refractivity contribution in [3.63, 3.8) is 0 Å². The predicted molar refractivity (Wildman–Crippen MR) is 99.9 cm³/mol. The number of rotatable bonds is 11. The standard InChI is InChI=1S/C16H26F2N4O4S/c1-4-19-16(20-8-9-22-27(23,24)5-2)21-11-12-10-13(25-3)6-7-14(12)26-15(17)18/h6-7,10,15,22H,4-5,8-9,11H2,1-3H3,(H2,19,20,21). The molecule has 0 aliphatic carbocycles. The number of alkyl halides is 2. The molecule has 1 aromatic rings. The molecule has 11 heteroatoms. The maximum atomic E-state index is 12.6. The zero-order chi connectivity index (χ0) is 20.3. The Morgan fingerprint density at radius 2 is 1.96 bits per heavy atom. The Morgan fingerprint density at radius 3 is 2.56 bits per heavy atom. The number of methoxy groups -OCH3 is 1. The topological polar surface area (TPSA) is 101 Å². The number of benzene rings is 1. The van der Waals surface area contributed by atoms with Crippen molar-refractivity contribution in [3.05, 3.63) is 23.8 Å². The third kappa shape index (κ3) is 8.87. The van der Waals surface area contributed by atoms with Crippen LogP contribution in [0.2, 0.25) is 0 Å². The van der Waals surface area contributed by atoms with E-state index in [0.29, 0.717) is 30.4 Å². The van der Waals surface area contributed by atoms with E-state index in [2.05, 4.69) is 25.1 Å². The summed E-state index contributed by atoms with van der Waals surface area (Å²) < 4.78 is 60.0. The van der Waals surface area contributed by atoms with Crippen LogP contribution in [0.25, 0.3) is 0 Å². The Bertz CT molecular complexity index is 714. The van der Waals surface area contributed by atoms with Crippen molar-refractivity contribution in [2.24, 2.45) is 4.99 Å². The van der Waals surface area contributed by atoms with Gasteiger partial charge in [-0.15, -0.1) is 0 Å². The zero-order valence-electron chi connectivity index (χ0n) is 15.6. The van der Waals surface area contributed by atoms with Gasteiger partial charge in [-0.1, -0.05) is 0 Å². The number of hydrogen-bond donors (Lipinski definition) is 3. The number of aliphatic imine (C=N–C) groups is 1. The van der Waals surface area contributed by atoms with E-state index in [1.165, 1.54) is 19.2 Å². The van der Waals surface area contributed by atoms with Crippen LogP contribution in [0, 0.1) is 0 Å². The summed E-state index contributed by atoms with van der Waals surface area (Å²) in [5.41, 5.74) is 0.429. The minimum Gasteiger partial charge on any atom is -0.497 e. The molecule has 1 aromatic carbocycles. The van der Waals surface area contributed by atoms with Crippen LogP contribution in [0.4, 0.5) is 8.78 Å². The Balaban J connectivity index is 2.78. The van der Waals surface area contributed by atoms with Crippen LogP contribution in [0.15, 0.2) is 23.2 Å². The van der Waals surface area contributed by atoms with E-state index in [1.807, 2.05) is 6.92 Å². The zero-order valence-corrected chi connectivity index (χ0v) is 16.4. The maximum absolute atomic E-state index is 12.6. The summed E-state index contributed by atoms with van der Waals surface area (Å²) in [5, 5.41) is 5.96. The van der Waals surface area contributed by atoms with Crippen molar-refractivity contribution in [1.29, 1.82) is 0 Å². The summed E-state index contributed by atoms with van der Waals surface area (Å²) in [6.45, 7) is 1.62. The summed E-state index contributed by atoms with van der Waals surface area (Å²) in [4.78, 5) is 4.32. The fourth-order valence-corrected chi connectivity index (χ4v) is 2.63. The van der Waals surface area contributed by atoms with Crippen molar-refractivity contribution < 1.29 is 26.7 Å². The highest BCUT2D eigenvalue weighted by Gasteiger charge is 2.11. The van der Waals surface area contributed by atoms with Gasteiger partial charge in [-0.05, 0) is 32.0 Å². The second kappa shape index (κ2) is 11.5. The van der Waals surface area contributed by atoms with Gasteiger partial charge in [0, 0.05) is 25.2 Å². The van der Waals surface area contributed by atoms with Gasteiger partial charge in [0.15, 0.2) is 5.96 Å². The molecule has 0 saturated carbocycles. The van der Waals surface area contributed by atoms with Gasteiger partial charge >= 0.3 is 6.61 Å². The molecule has 0 aliphatic rings. The third-order valence-corrected chi connectivity index (χ3v) is 4.76. The van der Waals surface area contributed by atoms with Gasteiger partial charge in [0.2, 0.25) is 10.0 Å². The molecule has 154 valence electrons. The first kappa shape index (κ1) is 22.9. The first-order chi connectivity index (χ1) is 12.8. The first-order valence-corrected chi connectivity index (χ1v) is 10.1. The average molecular weight is 408 g/mol. The first-order valence-electron chi connectivity index (χ1n) is 8.42. The van der Waals surface area contributed by atoms with Crippen molar-refractivity contribution in [2.45, 2.75) is 27.0 Å². The molecule has 0 unspecified atom stereocenters. The summed E-state index contributed by atoms with van der Waals surface area (Å²) in [6.07, 6.45) is 0. The normalized spacial score (nSPS) is 12.1. The van der Waals surface area contributed by atoms with Crippen LogP contribution in [-0.4, -0.2) is 53.5 Å². The van der Waals surface area contributed by atoms with Crippen LogP contribution in [0.1, 0.15) is 19.4 Å². The molecule has 0 bridgehead atoms. The molecule has 0 saturated heterocycles. The SMILES string of the molecule is CCNC(=NCc1cc(OC)ccc1OC(F)F)NCCNS(=O)(=O)CC. The van der Waals surface area contributed by atoms with Gasteiger partial charge in [0.25, 0.3) is 0 Å². The summed E-state index contributed by atoms with van der Waals surface area (Å²) >= 11 is 0. The van der Waals surface area contributed by atoms with E-state index in [1.54, 1.807) is 13.0 Å². The number of sulfonamides is 1. The minimum absolute atomic E-state index is 0.00388. The molecule has 27 heavy (non-hydrogen) atoms. The molecule has 8 nitrogen and oxygen atoms in total. The molecule has 0 spiro atoms. The lowest BCUT2D eigenvalue weighted by atomic mass is 10.2. The van der Waals surface area contributed by atoms with Crippen LogP contribution in [0.5, 0.6) is 11.5 Å². The van der Waals surface area contributed by atoms with E-state index >= 15 is 0 Å². The smallest absolute Gasteiger partial charge is 0.387 e. The Morgan fingerprint density at radius 1 is 1.22 bits per heavy atom. The minimum atomic E-state index is -3.26. The quantitative estimate of drug-likeness (QED) is 0.290. The van der Waals surface area contributed by atoms with Crippen LogP contribution >= 0.6 is 0 Å². The summed E-state index contributed by atoms with van der Waals surface area (Å²) in [7, 11) is -1.79. The number of ether oxygens (including phenoxy) is 2. The molecule has 0 aliphatic heterocycles. The molecule has 0 atom stereocenters. The van der Waals surface area contributed by atoms with Gasteiger partial charge in [-0.2, -0.15) is 8.78 Å².